The van der Waals surface area contributed by atoms with Crippen molar-refractivity contribution in [1.29, 1.82) is 0 Å². The van der Waals surface area contributed by atoms with E-state index in [-0.39, 0.29) is 30.5 Å². The molecule has 0 radical (unpaired) electrons. The van der Waals surface area contributed by atoms with Crippen LogP contribution in [-0.2, 0) is 50.0 Å². The number of esters is 1. The normalized spacial score (nSPS) is 12.9. The van der Waals surface area contributed by atoms with E-state index in [4.69, 9.17) is 33.2 Å². The van der Waals surface area contributed by atoms with Crippen LogP contribution >= 0.6 is 0 Å². The molecule has 0 unspecified atom stereocenters. The summed E-state index contributed by atoms with van der Waals surface area (Å²) >= 11 is 0. The van der Waals surface area contributed by atoms with Gasteiger partial charge in [0.1, 0.15) is 23.1 Å². The molecule has 7 rings (SSSR count). The Balaban J connectivity index is 0.691. The van der Waals surface area contributed by atoms with Gasteiger partial charge in [-0.25, -0.2) is 4.79 Å². The topological polar surface area (TPSA) is 203 Å². The lowest BCUT2D eigenvalue weighted by molar-refractivity contribution is -0.121. The van der Waals surface area contributed by atoms with E-state index in [2.05, 4.69) is 25.7 Å². The molecule has 4 aromatic carbocycles. The number of nitrogens with one attached hydrogen (secondary N) is 1. The van der Waals surface area contributed by atoms with Gasteiger partial charge in [-0.3, -0.25) is 14.4 Å². The fraction of sp³-hybridized carbons (Fsp3) is 0.434. The Morgan fingerprint density at radius 2 is 1.10 bits per heavy atom. The molecule has 2 aliphatic heterocycles. The third-order valence-electron chi connectivity index (χ3n) is 12.0. The maximum atomic E-state index is 13.7. The van der Waals surface area contributed by atoms with Gasteiger partial charge in [-0.2, -0.15) is 0 Å². The van der Waals surface area contributed by atoms with E-state index >= 15 is 0 Å². The van der Waals surface area contributed by atoms with Crippen molar-refractivity contribution in [3.63, 3.8) is 0 Å². The third kappa shape index (κ3) is 13.8. The first-order valence-electron chi connectivity index (χ1n) is 24.0. The fourth-order valence-corrected chi connectivity index (χ4v) is 8.10. The van der Waals surface area contributed by atoms with Crippen LogP contribution in [-0.4, -0.2) is 145 Å². The summed E-state index contributed by atoms with van der Waals surface area (Å²) in [5, 5.41) is 18.8. The molecule has 0 aliphatic carbocycles. The Morgan fingerprint density at radius 1 is 0.592 bits per heavy atom. The summed E-state index contributed by atoms with van der Waals surface area (Å²) in [6.07, 6.45) is 2.46. The van der Waals surface area contributed by atoms with Gasteiger partial charge in [0.2, 0.25) is 5.82 Å². The van der Waals surface area contributed by atoms with Crippen LogP contribution in [0.25, 0.3) is 11.4 Å². The molecule has 18 nitrogen and oxygen atoms in total. The largest absolute Gasteiger partial charge is 0.456 e. The first-order chi connectivity index (χ1) is 34.4. The molecule has 0 bridgehead atoms. The average Bonchev–Trinajstić information content (AvgIpc) is 3.66. The van der Waals surface area contributed by atoms with Gasteiger partial charge in [0, 0.05) is 112 Å². The SMILES string of the molecule is Cc1nnc(-c2ccc(CCC(=O)CCOCCOCCOCCOCCOCCC(=O)CCCNC(=O)c3ccc4c(c3)C(=O)OC43c4ccc(N(C)C)cc4Oc4cc(N(C)C)ccc43)cc2)nn1. The number of aromatic nitrogens is 4. The number of ketones is 2. The van der Waals surface area contributed by atoms with Crippen molar-refractivity contribution >= 4 is 34.8 Å². The molecule has 376 valence electrons. The second kappa shape index (κ2) is 25.4. The van der Waals surface area contributed by atoms with Crippen LogP contribution in [0.1, 0.15) is 80.9 Å². The van der Waals surface area contributed by atoms with Gasteiger partial charge in [0.05, 0.1) is 71.6 Å². The molecule has 1 N–H and O–H groups in total. The third-order valence-corrected chi connectivity index (χ3v) is 12.0. The number of aryl methyl sites for hydroxylation is 2. The standard InChI is InChI=1S/C53H63N7O11/c1-36-55-57-50(58-56-36)38-11-8-37(9-12-38)10-16-43(62)21-24-66-26-28-68-30-32-69-31-29-67-27-25-65-23-20-42(61)7-6-22-54-51(63)39-13-17-45-44(33-39)52(64)71-53(45)46-18-14-40(59(2)3)34-48(46)70-49-35-41(60(4)5)15-19-47(49)53/h8-9,11-15,17-19,33-35H,6-7,10,16,20-32H2,1-5H3,(H,54,63). The molecule has 0 saturated carbocycles. The number of rotatable bonds is 29. The zero-order valence-electron chi connectivity index (χ0n) is 41.2. The lowest BCUT2D eigenvalue weighted by Crippen LogP contribution is -2.33. The van der Waals surface area contributed by atoms with E-state index in [0.717, 1.165) is 22.5 Å². The summed E-state index contributed by atoms with van der Waals surface area (Å²) in [5.74, 6) is 1.44. The number of hydrogen-bond donors (Lipinski definition) is 1. The van der Waals surface area contributed by atoms with Crippen LogP contribution < -0.4 is 19.9 Å². The predicted octanol–water partition coefficient (Wildman–Crippen LogP) is 6.09. The Hall–Kier alpha value is -6.70. The number of benzene rings is 4. The number of hydrogen-bond acceptors (Lipinski definition) is 17. The first kappa shape index (κ1) is 52.1. The van der Waals surface area contributed by atoms with E-state index in [1.165, 1.54) is 0 Å². The number of carbonyl (C=O) groups excluding carboxylic acids is 4. The van der Waals surface area contributed by atoms with Crippen LogP contribution in [0.3, 0.4) is 0 Å². The number of amides is 1. The van der Waals surface area contributed by atoms with Gasteiger partial charge in [-0.1, -0.05) is 30.3 Å². The zero-order chi connectivity index (χ0) is 50.2. The average molecular weight is 974 g/mol. The highest BCUT2D eigenvalue weighted by molar-refractivity contribution is 6.01. The number of fused-ring (bicyclic) bond motifs is 6. The van der Waals surface area contributed by atoms with Crippen LogP contribution in [0, 0.1) is 6.92 Å². The van der Waals surface area contributed by atoms with Crippen molar-refractivity contribution in [2.45, 2.75) is 51.0 Å². The summed E-state index contributed by atoms with van der Waals surface area (Å²) in [6, 6.07) is 24.4. The quantitative estimate of drug-likeness (QED) is 0.0426. The number of Topliss-reactive ketones (excluding diaryl/α,β-unsaturated/α-hetero) is 2. The zero-order valence-corrected chi connectivity index (χ0v) is 41.2. The van der Waals surface area contributed by atoms with E-state index in [0.29, 0.717) is 149 Å². The van der Waals surface area contributed by atoms with Crippen molar-refractivity contribution in [2.24, 2.45) is 0 Å². The molecular formula is C53H63N7O11. The van der Waals surface area contributed by atoms with Crippen molar-refractivity contribution in [1.82, 2.24) is 25.7 Å². The molecule has 71 heavy (non-hydrogen) atoms. The second-order valence-corrected chi connectivity index (χ2v) is 17.5. The van der Waals surface area contributed by atoms with Crippen molar-refractivity contribution in [2.75, 3.05) is 111 Å². The van der Waals surface area contributed by atoms with Crippen LogP contribution in [0.15, 0.2) is 78.9 Å². The lowest BCUT2D eigenvalue weighted by atomic mass is 9.77. The van der Waals surface area contributed by atoms with E-state index in [9.17, 15) is 19.2 Å². The minimum absolute atomic E-state index is 0.0348. The summed E-state index contributed by atoms with van der Waals surface area (Å²) in [5.41, 5.74) is 5.13. The smallest absolute Gasteiger partial charge is 0.340 e. The summed E-state index contributed by atoms with van der Waals surface area (Å²) in [7, 11) is 7.79. The summed E-state index contributed by atoms with van der Waals surface area (Å²) < 4.78 is 40.5. The van der Waals surface area contributed by atoms with Gasteiger partial charge in [-0.15, -0.1) is 20.4 Å². The van der Waals surface area contributed by atoms with Gasteiger partial charge < -0.3 is 48.3 Å². The Kier molecular flexibility index (Phi) is 18.7. The number of anilines is 2. The number of carbonyl (C=O) groups is 4. The Bertz CT molecular complexity index is 2550. The maximum Gasteiger partial charge on any atom is 0.340 e. The first-order valence-corrected chi connectivity index (χ1v) is 24.0. The highest BCUT2D eigenvalue weighted by Crippen LogP contribution is 2.57. The molecule has 18 heteroatoms. The Morgan fingerprint density at radius 3 is 1.63 bits per heavy atom. The highest BCUT2D eigenvalue weighted by Gasteiger charge is 2.54. The molecule has 2 aliphatic rings. The van der Waals surface area contributed by atoms with Gasteiger partial charge >= 0.3 is 5.97 Å². The number of ether oxygens (including phenoxy) is 7. The van der Waals surface area contributed by atoms with Crippen LogP contribution in [0.2, 0.25) is 0 Å². The molecule has 1 amide bonds. The van der Waals surface area contributed by atoms with E-state index in [1.807, 2.05) is 98.7 Å². The lowest BCUT2D eigenvalue weighted by Gasteiger charge is -2.37. The van der Waals surface area contributed by atoms with Crippen LogP contribution in [0.4, 0.5) is 11.4 Å². The molecule has 0 atom stereocenters. The molecule has 3 heterocycles. The van der Waals surface area contributed by atoms with Gasteiger partial charge in [-0.05, 0) is 61.7 Å². The predicted molar refractivity (Wildman–Crippen MR) is 264 cm³/mol. The molecule has 0 saturated heterocycles. The van der Waals surface area contributed by atoms with Gasteiger partial charge in [0.25, 0.3) is 5.91 Å². The highest BCUT2D eigenvalue weighted by atomic mass is 16.6. The summed E-state index contributed by atoms with van der Waals surface area (Å²) in [6.45, 7) is 5.83. The van der Waals surface area contributed by atoms with Gasteiger partial charge in [0.15, 0.2) is 11.4 Å². The van der Waals surface area contributed by atoms with E-state index in [1.54, 1.807) is 25.1 Å². The molecule has 5 aromatic rings. The van der Waals surface area contributed by atoms with Crippen molar-refractivity contribution in [3.8, 4) is 22.9 Å². The summed E-state index contributed by atoms with van der Waals surface area (Å²) in [4.78, 5) is 55.7. The number of nitrogens with zero attached hydrogens (tertiary/aromatic N) is 6. The Labute approximate surface area is 414 Å². The second-order valence-electron chi connectivity index (χ2n) is 17.5. The van der Waals surface area contributed by atoms with Crippen molar-refractivity contribution in [3.05, 3.63) is 118 Å². The molecule has 1 aromatic heterocycles. The fourth-order valence-electron chi connectivity index (χ4n) is 8.10. The molecule has 0 fully saturated rings. The van der Waals surface area contributed by atoms with Crippen LogP contribution in [0.5, 0.6) is 11.5 Å². The van der Waals surface area contributed by atoms with E-state index < -0.39 is 11.6 Å². The molecular weight excluding hydrogens is 911 g/mol. The minimum Gasteiger partial charge on any atom is -0.456 e. The maximum absolute atomic E-state index is 13.7. The van der Waals surface area contributed by atoms with Crippen molar-refractivity contribution < 1.29 is 52.3 Å². The monoisotopic (exact) mass is 973 g/mol. The minimum atomic E-state index is -1.26. The molecule has 1 spiro atoms.